The molecule has 3 aromatic rings. The van der Waals surface area contributed by atoms with E-state index in [0.29, 0.717) is 39.9 Å². The van der Waals surface area contributed by atoms with Crippen LogP contribution in [-0.2, 0) is 15.3 Å². The summed E-state index contributed by atoms with van der Waals surface area (Å²) < 4.78 is 18.9. The molecule has 52 heavy (non-hydrogen) atoms. The van der Waals surface area contributed by atoms with Gasteiger partial charge >= 0.3 is 6.03 Å². The van der Waals surface area contributed by atoms with Gasteiger partial charge in [-0.25, -0.2) is 4.79 Å². The third-order valence-corrected chi connectivity index (χ3v) is 10.6. The third-order valence-electron chi connectivity index (χ3n) is 10.0. The lowest BCUT2D eigenvalue weighted by molar-refractivity contribution is -0.186. The number of hydrogen-bond donors (Lipinski definition) is 0. The van der Waals surface area contributed by atoms with Crippen molar-refractivity contribution >= 4 is 58.7 Å². The first-order chi connectivity index (χ1) is 25.3. The number of hydrogen-bond acceptors (Lipinski definition) is 9. The SMILES string of the molecule is CCC(C)N1CC=CN(c2ccc(N3CCN(c4ccc(OCC5COC(CC6N=CC=N6)(c6ccc(Cl)cc6Cl)O5)cc4C#N)CC3)cc2)C1=O. The number of ether oxygens (including phenoxy) is 3. The van der Waals surface area contributed by atoms with Gasteiger partial charge in [0.1, 0.15) is 30.7 Å². The minimum absolute atomic E-state index is 0.00572. The first kappa shape index (κ1) is 35.8. The second-order valence-electron chi connectivity index (χ2n) is 13.2. The van der Waals surface area contributed by atoms with E-state index in [9.17, 15) is 10.1 Å². The van der Waals surface area contributed by atoms with E-state index in [1.165, 1.54) is 0 Å². The summed E-state index contributed by atoms with van der Waals surface area (Å²) in [6, 6.07) is 21.6. The number of urea groups is 1. The number of nitrogens with zero attached hydrogens (tertiary/aromatic N) is 7. The van der Waals surface area contributed by atoms with Crippen molar-refractivity contribution in [3.8, 4) is 11.8 Å². The van der Waals surface area contributed by atoms with Crippen LogP contribution < -0.4 is 19.4 Å². The fourth-order valence-electron chi connectivity index (χ4n) is 6.98. The van der Waals surface area contributed by atoms with Crippen molar-refractivity contribution in [2.45, 2.75) is 50.8 Å². The summed E-state index contributed by atoms with van der Waals surface area (Å²) >= 11 is 12.8. The number of halogens is 2. The van der Waals surface area contributed by atoms with E-state index in [4.69, 9.17) is 37.4 Å². The zero-order valence-electron chi connectivity index (χ0n) is 29.2. The van der Waals surface area contributed by atoms with Crippen molar-refractivity contribution < 1.29 is 19.0 Å². The number of amides is 2. The van der Waals surface area contributed by atoms with Gasteiger partial charge in [0.05, 0.1) is 28.6 Å². The average Bonchev–Trinajstić information content (AvgIpc) is 3.84. The van der Waals surface area contributed by atoms with Crippen molar-refractivity contribution in [2.75, 3.05) is 60.6 Å². The van der Waals surface area contributed by atoms with Crippen molar-refractivity contribution in [1.29, 1.82) is 5.26 Å². The number of carbonyl (C=O) groups excluding carboxylic acids is 1. The summed E-state index contributed by atoms with van der Waals surface area (Å²) in [4.78, 5) is 30.1. The molecule has 2 fully saturated rings. The molecule has 7 rings (SSSR count). The van der Waals surface area contributed by atoms with Gasteiger partial charge in [-0.2, -0.15) is 5.26 Å². The Labute approximate surface area is 314 Å². The molecule has 4 aliphatic rings. The van der Waals surface area contributed by atoms with Gasteiger partial charge < -0.3 is 28.9 Å². The highest BCUT2D eigenvalue weighted by Gasteiger charge is 2.46. The quantitative estimate of drug-likeness (QED) is 0.204. The molecule has 0 aromatic heterocycles. The Morgan fingerprint density at radius 3 is 2.44 bits per heavy atom. The Balaban J connectivity index is 0.953. The fraction of sp³-hybridized carbons (Fsp3) is 0.385. The minimum atomic E-state index is -1.16. The van der Waals surface area contributed by atoms with Gasteiger partial charge in [-0.3, -0.25) is 14.9 Å². The average molecular weight is 743 g/mol. The van der Waals surface area contributed by atoms with Gasteiger partial charge in [0.15, 0.2) is 0 Å². The first-order valence-corrected chi connectivity index (χ1v) is 18.4. The first-order valence-electron chi connectivity index (χ1n) is 17.6. The molecule has 0 saturated carbocycles. The molecule has 0 aliphatic carbocycles. The Morgan fingerprint density at radius 2 is 1.73 bits per heavy atom. The highest BCUT2D eigenvalue weighted by molar-refractivity contribution is 6.35. The van der Waals surface area contributed by atoms with Crippen LogP contribution in [0.5, 0.6) is 5.75 Å². The second kappa shape index (κ2) is 15.6. The third kappa shape index (κ3) is 7.48. The topological polar surface area (TPSA) is 106 Å². The van der Waals surface area contributed by atoms with Gasteiger partial charge in [-0.05, 0) is 74.0 Å². The van der Waals surface area contributed by atoms with Crippen LogP contribution in [0.25, 0.3) is 0 Å². The Kier molecular flexibility index (Phi) is 10.7. The molecule has 11 nitrogen and oxygen atoms in total. The van der Waals surface area contributed by atoms with Gasteiger partial charge in [-0.1, -0.05) is 36.2 Å². The molecule has 3 aromatic carbocycles. The van der Waals surface area contributed by atoms with Gasteiger partial charge in [-0.15, -0.1) is 0 Å². The molecule has 0 spiro atoms. The molecule has 4 aliphatic heterocycles. The van der Waals surface area contributed by atoms with E-state index >= 15 is 0 Å². The van der Waals surface area contributed by atoms with Crippen LogP contribution in [0.1, 0.15) is 37.8 Å². The van der Waals surface area contributed by atoms with E-state index in [2.05, 4.69) is 51.8 Å². The van der Waals surface area contributed by atoms with Crippen LogP contribution in [0.2, 0.25) is 10.0 Å². The van der Waals surface area contributed by atoms with Gasteiger partial charge in [0, 0.05) is 80.1 Å². The summed E-state index contributed by atoms with van der Waals surface area (Å²) in [7, 11) is 0. The predicted octanol–water partition coefficient (Wildman–Crippen LogP) is 7.26. The lowest BCUT2D eigenvalue weighted by atomic mass is 10.0. The summed E-state index contributed by atoms with van der Waals surface area (Å²) in [5.41, 5.74) is 4.03. The van der Waals surface area contributed by atoms with Crippen LogP contribution >= 0.6 is 23.2 Å². The number of nitriles is 1. The standard InChI is InChI=1S/C39H41Cl2N7O4/c1-3-27(2)47-15-4-16-48(38(47)49)31-8-6-30(7-9-31)45-17-19-46(20-18-45)36-12-10-32(21-28(36)24-42)50-25-33-26-51-39(52-33,23-37-43-13-14-44-37)34-11-5-29(40)22-35(34)41/h4-14,16,21-22,27,33,37H,3,15,17-20,23,25-26H2,1-2H3. The molecule has 270 valence electrons. The molecule has 13 heteroatoms. The maximum atomic E-state index is 13.1. The molecule has 2 amide bonds. The monoisotopic (exact) mass is 741 g/mol. The number of piperazine rings is 1. The van der Waals surface area contributed by atoms with Gasteiger partial charge in [0.25, 0.3) is 0 Å². The minimum Gasteiger partial charge on any atom is -0.491 e. The van der Waals surface area contributed by atoms with Crippen LogP contribution in [0.4, 0.5) is 21.9 Å². The number of anilines is 3. The maximum absolute atomic E-state index is 13.1. The fourth-order valence-corrected chi connectivity index (χ4v) is 7.54. The van der Waals surface area contributed by atoms with E-state index < -0.39 is 11.9 Å². The molecule has 2 saturated heterocycles. The predicted molar refractivity (Wildman–Crippen MR) is 205 cm³/mol. The summed E-state index contributed by atoms with van der Waals surface area (Å²) in [5, 5.41) is 11.1. The summed E-state index contributed by atoms with van der Waals surface area (Å²) in [5.74, 6) is -0.590. The second-order valence-corrected chi connectivity index (χ2v) is 14.1. The number of rotatable bonds is 11. The molecule has 3 atom stereocenters. The lowest BCUT2D eigenvalue weighted by Gasteiger charge is -2.38. The normalized spacial score (nSPS) is 22.4. The smallest absolute Gasteiger partial charge is 0.329 e. The number of aliphatic imine (C=N–C) groups is 2. The van der Waals surface area contributed by atoms with Crippen LogP contribution in [0.3, 0.4) is 0 Å². The molecule has 4 heterocycles. The Bertz CT molecular complexity index is 1900. The summed E-state index contributed by atoms with van der Waals surface area (Å²) in [6.07, 6.45) is 7.72. The highest BCUT2D eigenvalue weighted by Crippen LogP contribution is 2.43. The molecular formula is C39H41Cl2N7O4. The molecular weight excluding hydrogens is 701 g/mol. The van der Waals surface area contributed by atoms with Crippen molar-refractivity contribution in [2.24, 2.45) is 9.98 Å². The van der Waals surface area contributed by atoms with Gasteiger partial charge in [0.2, 0.25) is 5.79 Å². The van der Waals surface area contributed by atoms with E-state index in [1.54, 1.807) is 35.5 Å². The van der Waals surface area contributed by atoms with Crippen LogP contribution in [-0.4, -0.2) is 87.6 Å². The Morgan fingerprint density at radius 1 is 1.00 bits per heavy atom. The zero-order valence-corrected chi connectivity index (χ0v) is 30.7. The zero-order chi connectivity index (χ0) is 36.2. The van der Waals surface area contributed by atoms with Crippen LogP contribution in [0, 0.1) is 11.3 Å². The maximum Gasteiger partial charge on any atom is 0.329 e. The van der Waals surface area contributed by atoms with Crippen molar-refractivity contribution in [1.82, 2.24) is 4.90 Å². The molecule has 0 bridgehead atoms. The van der Waals surface area contributed by atoms with Crippen LogP contribution in [0.15, 0.2) is 82.9 Å². The van der Waals surface area contributed by atoms with E-state index in [1.807, 2.05) is 47.5 Å². The molecule has 0 radical (unpaired) electrons. The Hall–Kier alpha value is -4.60. The number of benzene rings is 3. The molecule has 3 unspecified atom stereocenters. The van der Waals surface area contributed by atoms with E-state index in [-0.39, 0.29) is 31.5 Å². The highest BCUT2D eigenvalue weighted by atomic mass is 35.5. The summed E-state index contributed by atoms with van der Waals surface area (Å²) in [6.45, 7) is 8.40. The number of carbonyl (C=O) groups is 1. The van der Waals surface area contributed by atoms with E-state index in [0.717, 1.165) is 49.7 Å². The lowest BCUT2D eigenvalue weighted by Crippen LogP contribution is -2.48. The molecule has 0 N–H and O–H groups in total. The largest absolute Gasteiger partial charge is 0.491 e. The van der Waals surface area contributed by atoms with Crippen molar-refractivity contribution in [3.05, 3.63) is 94.1 Å². The van der Waals surface area contributed by atoms with Crippen molar-refractivity contribution in [3.63, 3.8) is 0 Å².